The number of rotatable bonds is 4. The average molecular weight is 452 g/mol. The minimum atomic E-state index is -0.533. The second-order valence-corrected chi connectivity index (χ2v) is 8.91. The third kappa shape index (κ3) is 4.66. The number of nitrogens with zero attached hydrogens (tertiary/aromatic N) is 3. The molecule has 0 bridgehead atoms. The monoisotopic (exact) mass is 451 g/mol. The molecule has 1 aromatic carbocycles. The van der Waals surface area contributed by atoms with E-state index in [-0.39, 0.29) is 24.5 Å². The predicted octanol–water partition coefficient (Wildman–Crippen LogP) is 3.91. The number of hydrogen-bond acceptors (Lipinski definition) is 5. The number of carbonyl (C=O) groups excluding carboxylic acids is 2. The van der Waals surface area contributed by atoms with Gasteiger partial charge in [0.25, 0.3) is 0 Å². The molecule has 1 aliphatic heterocycles. The van der Waals surface area contributed by atoms with Crippen molar-refractivity contribution in [2.75, 3.05) is 13.7 Å². The summed E-state index contributed by atoms with van der Waals surface area (Å²) in [6.45, 7) is 6.83. The molecule has 0 aliphatic carbocycles. The number of carbonyl (C=O) groups is 2. The molecule has 7 nitrogen and oxygen atoms in total. The summed E-state index contributed by atoms with van der Waals surface area (Å²) in [6.07, 6.45) is 1.60. The fourth-order valence-electron chi connectivity index (χ4n) is 3.49. The van der Waals surface area contributed by atoms with Crippen LogP contribution in [0.4, 0.5) is 4.79 Å². The van der Waals surface area contributed by atoms with E-state index < -0.39 is 5.60 Å². The topological polar surface area (TPSA) is 73.7 Å². The number of ether oxygens (including phenoxy) is 2. The lowest BCUT2D eigenvalue weighted by atomic mass is 10.2. The molecule has 1 fully saturated rings. The quantitative estimate of drug-likeness (QED) is 0.658. The molecule has 3 rings (SSSR count). The average Bonchev–Trinajstić information content (AvgIpc) is 3.18. The van der Waals surface area contributed by atoms with Gasteiger partial charge in [0.2, 0.25) is 0 Å². The molecule has 1 aliphatic rings. The molecule has 1 amide bonds. The van der Waals surface area contributed by atoms with Crippen molar-refractivity contribution in [3.8, 4) is 0 Å². The van der Waals surface area contributed by atoms with E-state index in [9.17, 15) is 9.59 Å². The number of aromatic nitrogens is 2. The van der Waals surface area contributed by atoms with Crippen molar-refractivity contribution in [2.45, 2.75) is 58.2 Å². The Balaban J connectivity index is 1.90. The normalized spacial score (nSPS) is 17.2. The number of benzene rings is 1. The highest BCUT2D eigenvalue weighted by Gasteiger charge is 2.33. The minimum Gasteiger partial charge on any atom is -0.469 e. The number of hydrogen-bond donors (Lipinski definition) is 0. The molecule has 0 spiro atoms. The third-order valence-electron chi connectivity index (χ3n) is 4.72. The van der Waals surface area contributed by atoms with Crippen LogP contribution >= 0.6 is 15.9 Å². The zero-order valence-electron chi connectivity index (χ0n) is 16.7. The smallest absolute Gasteiger partial charge is 0.410 e. The molecule has 0 radical (unpaired) electrons. The molecule has 0 N–H and O–H groups in total. The fourth-order valence-corrected chi connectivity index (χ4v) is 3.84. The summed E-state index contributed by atoms with van der Waals surface area (Å²) in [7, 11) is 1.37. The summed E-state index contributed by atoms with van der Waals surface area (Å²) in [5.41, 5.74) is 1.20. The summed E-state index contributed by atoms with van der Waals surface area (Å²) in [5, 5.41) is 0. The Labute approximate surface area is 173 Å². The van der Waals surface area contributed by atoms with Gasteiger partial charge in [0.05, 0.1) is 24.2 Å². The number of likely N-dealkylation sites (tertiary alicyclic amines) is 1. The summed E-state index contributed by atoms with van der Waals surface area (Å²) >= 11 is 3.47. The van der Waals surface area contributed by atoms with Crippen LogP contribution in [-0.4, -0.2) is 51.8 Å². The molecule has 2 heterocycles. The molecule has 8 heteroatoms. The summed E-state index contributed by atoms with van der Waals surface area (Å²) in [6, 6.07) is 5.84. The van der Waals surface area contributed by atoms with Gasteiger partial charge in [-0.1, -0.05) is 15.9 Å². The lowest BCUT2D eigenvalue weighted by Gasteiger charge is -2.29. The maximum Gasteiger partial charge on any atom is 0.410 e. The molecule has 1 saturated heterocycles. The lowest BCUT2D eigenvalue weighted by Crippen LogP contribution is -2.41. The minimum absolute atomic E-state index is 0.00714. The Morgan fingerprint density at radius 2 is 2.07 bits per heavy atom. The third-order valence-corrected chi connectivity index (χ3v) is 5.21. The molecule has 1 aromatic heterocycles. The fraction of sp³-hybridized carbons (Fsp3) is 0.550. The summed E-state index contributed by atoms with van der Waals surface area (Å²) in [5.74, 6) is 0.294. The van der Waals surface area contributed by atoms with Crippen LogP contribution < -0.4 is 0 Å². The molecule has 2 aromatic rings. The van der Waals surface area contributed by atoms with Crippen molar-refractivity contribution in [2.24, 2.45) is 0 Å². The van der Waals surface area contributed by atoms with Gasteiger partial charge < -0.3 is 18.9 Å². The van der Waals surface area contributed by atoms with Gasteiger partial charge in [-0.05, 0) is 51.8 Å². The van der Waals surface area contributed by atoms with Gasteiger partial charge in [0.1, 0.15) is 17.8 Å². The van der Waals surface area contributed by atoms with Crippen LogP contribution in [-0.2, 0) is 27.2 Å². The first-order chi connectivity index (χ1) is 13.2. The van der Waals surface area contributed by atoms with E-state index >= 15 is 0 Å². The van der Waals surface area contributed by atoms with E-state index in [1.807, 2.05) is 43.5 Å². The van der Waals surface area contributed by atoms with Crippen LogP contribution in [0, 0.1) is 0 Å². The highest BCUT2D eigenvalue weighted by Crippen LogP contribution is 2.26. The Bertz CT molecular complexity index is 887. The Kier molecular flexibility index (Phi) is 5.98. The number of halogens is 1. The first kappa shape index (κ1) is 20.6. The number of amides is 1. The van der Waals surface area contributed by atoms with E-state index in [4.69, 9.17) is 9.47 Å². The van der Waals surface area contributed by atoms with Crippen LogP contribution in [0.1, 0.15) is 39.4 Å². The second kappa shape index (κ2) is 8.11. The standard InChI is InChI=1S/C20H26BrN3O4/c1-20(2,3)28-19(26)23-9-5-6-14(23)12-24-16-8-7-13(21)10-15(16)22-17(24)11-18(25)27-4/h7-8,10,14H,5-6,9,11-12H2,1-4H3. The van der Waals surface area contributed by atoms with Crippen LogP contribution in [0.3, 0.4) is 0 Å². The second-order valence-electron chi connectivity index (χ2n) is 7.99. The first-order valence-corrected chi connectivity index (χ1v) is 10.2. The van der Waals surface area contributed by atoms with Gasteiger partial charge >= 0.3 is 12.1 Å². The van der Waals surface area contributed by atoms with Crippen LogP contribution in [0.5, 0.6) is 0 Å². The molecular formula is C20H26BrN3O4. The van der Waals surface area contributed by atoms with Crippen molar-refractivity contribution >= 4 is 39.0 Å². The van der Waals surface area contributed by atoms with E-state index in [0.717, 1.165) is 28.3 Å². The van der Waals surface area contributed by atoms with E-state index in [1.165, 1.54) is 7.11 Å². The van der Waals surface area contributed by atoms with Gasteiger partial charge in [-0.15, -0.1) is 0 Å². The van der Waals surface area contributed by atoms with Crippen molar-refractivity contribution in [3.63, 3.8) is 0 Å². The van der Waals surface area contributed by atoms with Gasteiger partial charge in [0, 0.05) is 17.6 Å². The van der Waals surface area contributed by atoms with Gasteiger partial charge in [-0.2, -0.15) is 0 Å². The van der Waals surface area contributed by atoms with Crippen LogP contribution in [0.25, 0.3) is 11.0 Å². The number of fused-ring (bicyclic) bond motifs is 1. The van der Waals surface area contributed by atoms with E-state index in [1.54, 1.807) is 4.90 Å². The molecule has 0 saturated carbocycles. The summed E-state index contributed by atoms with van der Waals surface area (Å²) in [4.78, 5) is 30.9. The van der Waals surface area contributed by atoms with Crippen LogP contribution in [0.2, 0.25) is 0 Å². The molecule has 28 heavy (non-hydrogen) atoms. The van der Waals surface area contributed by atoms with E-state index in [0.29, 0.717) is 18.9 Å². The maximum atomic E-state index is 12.6. The zero-order chi connectivity index (χ0) is 20.5. The first-order valence-electron chi connectivity index (χ1n) is 9.39. The van der Waals surface area contributed by atoms with Crippen molar-refractivity contribution in [3.05, 3.63) is 28.5 Å². The van der Waals surface area contributed by atoms with Gasteiger partial charge in [-0.25, -0.2) is 9.78 Å². The van der Waals surface area contributed by atoms with Crippen molar-refractivity contribution in [1.82, 2.24) is 14.5 Å². The lowest BCUT2D eigenvalue weighted by molar-refractivity contribution is -0.140. The number of imidazole rings is 1. The zero-order valence-corrected chi connectivity index (χ0v) is 18.3. The Morgan fingerprint density at radius 3 is 2.75 bits per heavy atom. The molecule has 152 valence electrons. The molecule has 1 atom stereocenters. The predicted molar refractivity (Wildman–Crippen MR) is 109 cm³/mol. The SMILES string of the molecule is COC(=O)Cc1nc2cc(Br)ccc2n1CC1CCCN1C(=O)OC(C)(C)C. The molecule has 1 unspecified atom stereocenters. The van der Waals surface area contributed by atoms with Gasteiger partial charge in [0.15, 0.2) is 0 Å². The van der Waals surface area contributed by atoms with E-state index in [2.05, 4.69) is 20.9 Å². The highest BCUT2D eigenvalue weighted by atomic mass is 79.9. The Hall–Kier alpha value is -2.09. The Morgan fingerprint density at radius 1 is 1.32 bits per heavy atom. The van der Waals surface area contributed by atoms with Crippen molar-refractivity contribution in [1.29, 1.82) is 0 Å². The van der Waals surface area contributed by atoms with Crippen molar-refractivity contribution < 1.29 is 19.1 Å². The molecular weight excluding hydrogens is 426 g/mol. The van der Waals surface area contributed by atoms with Crippen LogP contribution in [0.15, 0.2) is 22.7 Å². The summed E-state index contributed by atoms with van der Waals surface area (Å²) < 4.78 is 13.3. The maximum absolute atomic E-state index is 12.6. The highest BCUT2D eigenvalue weighted by molar-refractivity contribution is 9.10. The largest absolute Gasteiger partial charge is 0.469 e. The number of methoxy groups -OCH3 is 1. The number of esters is 1. The van der Waals surface area contributed by atoms with Gasteiger partial charge in [-0.3, -0.25) is 4.79 Å².